The SMILES string of the molecule is Cc1cccc(CSc2nc(NN)cn3ccnc23)c1. The minimum Gasteiger partial charge on any atom is -0.307 e. The summed E-state index contributed by atoms with van der Waals surface area (Å²) in [4.78, 5) is 8.81. The zero-order chi connectivity index (χ0) is 13.9. The summed E-state index contributed by atoms with van der Waals surface area (Å²) in [6, 6.07) is 8.47. The first-order valence-electron chi connectivity index (χ1n) is 6.25. The molecule has 0 aliphatic heterocycles. The van der Waals surface area contributed by atoms with E-state index in [0.717, 1.165) is 16.4 Å². The number of nitrogen functional groups attached to an aromatic ring is 1. The average molecular weight is 285 g/mol. The molecule has 0 aliphatic rings. The molecule has 6 heteroatoms. The van der Waals surface area contributed by atoms with Gasteiger partial charge in [-0.3, -0.25) is 0 Å². The second-order valence-electron chi connectivity index (χ2n) is 4.51. The highest BCUT2D eigenvalue weighted by Crippen LogP contribution is 2.26. The van der Waals surface area contributed by atoms with Gasteiger partial charge in [0.1, 0.15) is 5.03 Å². The summed E-state index contributed by atoms with van der Waals surface area (Å²) in [5.41, 5.74) is 5.97. The predicted molar refractivity (Wildman–Crippen MR) is 81.5 cm³/mol. The van der Waals surface area contributed by atoms with Gasteiger partial charge in [0, 0.05) is 18.1 Å². The van der Waals surface area contributed by atoms with Crippen LogP contribution in [0.1, 0.15) is 11.1 Å². The topological polar surface area (TPSA) is 68.2 Å². The molecule has 3 N–H and O–H groups in total. The number of nitrogens with zero attached hydrogens (tertiary/aromatic N) is 3. The molecule has 3 aromatic rings. The standard InChI is InChI=1S/C14H15N5S/c1-10-3-2-4-11(7-10)9-20-14-13-16-5-6-19(13)8-12(17-14)18-15/h2-8,18H,9,15H2,1H3. The maximum absolute atomic E-state index is 5.45. The molecule has 2 aromatic heterocycles. The third kappa shape index (κ3) is 2.61. The summed E-state index contributed by atoms with van der Waals surface area (Å²) >= 11 is 1.66. The lowest BCUT2D eigenvalue weighted by Gasteiger charge is -2.07. The molecule has 0 saturated carbocycles. The fraction of sp³-hybridized carbons (Fsp3) is 0.143. The Kier molecular flexibility index (Phi) is 3.58. The summed E-state index contributed by atoms with van der Waals surface area (Å²) in [5.74, 6) is 6.93. The van der Waals surface area contributed by atoms with E-state index in [9.17, 15) is 0 Å². The van der Waals surface area contributed by atoms with Crippen molar-refractivity contribution in [2.24, 2.45) is 5.84 Å². The molecule has 0 atom stereocenters. The van der Waals surface area contributed by atoms with Crippen LogP contribution in [-0.4, -0.2) is 14.4 Å². The van der Waals surface area contributed by atoms with Crippen molar-refractivity contribution in [3.05, 3.63) is 54.0 Å². The first-order chi connectivity index (χ1) is 9.76. The van der Waals surface area contributed by atoms with E-state index in [-0.39, 0.29) is 0 Å². The molecule has 102 valence electrons. The van der Waals surface area contributed by atoms with E-state index >= 15 is 0 Å². The molecule has 0 amide bonds. The van der Waals surface area contributed by atoms with Crippen LogP contribution in [-0.2, 0) is 5.75 Å². The molecule has 0 saturated heterocycles. The molecule has 0 bridgehead atoms. The molecular formula is C14H15N5S. The van der Waals surface area contributed by atoms with Gasteiger partial charge in [-0.2, -0.15) is 0 Å². The number of nitrogens with two attached hydrogens (primary N) is 1. The highest BCUT2D eigenvalue weighted by molar-refractivity contribution is 7.98. The monoisotopic (exact) mass is 285 g/mol. The summed E-state index contributed by atoms with van der Waals surface area (Å²) in [5, 5.41) is 0.868. The summed E-state index contributed by atoms with van der Waals surface area (Å²) < 4.78 is 1.92. The van der Waals surface area contributed by atoms with Gasteiger partial charge in [0.2, 0.25) is 0 Å². The molecule has 0 unspecified atom stereocenters. The number of aromatic nitrogens is 3. The minimum absolute atomic E-state index is 0.627. The van der Waals surface area contributed by atoms with Crippen LogP contribution in [0, 0.1) is 6.92 Å². The number of fused-ring (bicyclic) bond motifs is 1. The lowest BCUT2D eigenvalue weighted by atomic mass is 10.2. The Hall–Kier alpha value is -2.05. The largest absolute Gasteiger partial charge is 0.307 e. The fourth-order valence-electron chi connectivity index (χ4n) is 2.02. The lowest BCUT2D eigenvalue weighted by Crippen LogP contribution is -2.10. The van der Waals surface area contributed by atoms with Crippen LogP contribution >= 0.6 is 11.8 Å². The summed E-state index contributed by atoms with van der Waals surface area (Å²) in [6.07, 6.45) is 5.46. The van der Waals surface area contributed by atoms with Crippen molar-refractivity contribution in [1.29, 1.82) is 0 Å². The number of rotatable bonds is 4. The zero-order valence-corrected chi connectivity index (χ0v) is 11.9. The van der Waals surface area contributed by atoms with Gasteiger partial charge in [0.15, 0.2) is 11.5 Å². The molecule has 3 rings (SSSR count). The molecular weight excluding hydrogens is 270 g/mol. The quantitative estimate of drug-likeness (QED) is 0.438. The Morgan fingerprint density at radius 3 is 3.10 bits per heavy atom. The number of imidazole rings is 1. The average Bonchev–Trinajstić information content (AvgIpc) is 2.93. The lowest BCUT2D eigenvalue weighted by molar-refractivity contribution is 1.02. The number of anilines is 1. The molecule has 0 radical (unpaired) electrons. The highest BCUT2D eigenvalue weighted by atomic mass is 32.2. The predicted octanol–water partition coefficient (Wildman–Crippen LogP) is 2.62. The third-order valence-corrected chi connectivity index (χ3v) is 3.97. The molecule has 20 heavy (non-hydrogen) atoms. The van der Waals surface area contributed by atoms with Crippen molar-refractivity contribution >= 4 is 23.2 Å². The Balaban J connectivity index is 1.88. The van der Waals surface area contributed by atoms with Crippen molar-refractivity contribution in [2.45, 2.75) is 17.7 Å². The van der Waals surface area contributed by atoms with Crippen LogP contribution in [0.25, 0.3) is 5.65 Å². The Bertz CT molecular complexity index is 737. The van der Waals surface area contributed by atoms with Crippen LogP contribution < -0.4 is 11.3 Å². The highest BCUT2D eigenvalue weighted by Gasteiger charge is 2.08. The molecule has 2 heterocycles. The number of hydrogen-bond acceptors (Lipinski definition) is 5. The minimum atomic E-state index is 0.627. The second-order valence-corrected chi connectivity index (χ2v) is 5.48. The van der Waals surface area contributed by atoms with Crippen LogP contribution in [0.5, 0.6) is 0 Å². The molecule has 0 aliphatic carbocycles. The van der Waals surface area contributed by atoms with E-state index in [1.807, 2.05) is 16.8 Å². The van der Waals surface area contributed by atoms with Gasteiger partial charge >= 0.3 is 0 Å². The van der Waals surface area contributed by atoms with Gasteiger partial charge in [-0.25, -0.2) is 15.8 Å². The van der Waals surface area contributed by atoms with E-state index < -0.39 is 0 Å². The third-order valence-electron chi connectivity index (χ3n) is 2.95. The van der Waals surface area contributed by atoms with Gasteiger partial charge in [-0.15, -0.1) is 0 Å². The number of nitrogens with one attached hydrogen (secondary N) is 1. The van der Waals surface area contributed by atoms with Gasteiger partial charge in [0.05, 0.1) is 6.20 Å². The Labute approximate surface area is 121 Å². The van der Waals surface area contributed by atoms with Gasteiger partial charge < -0.3 is 9.83 Å². The van der Waals surface area contributed by atoms with Crippen LogP contribution in [0.2, 0.25) is 0 Å². The van der Waals surface area contributed by atoms with Crippen LogP contribution in [0.3, 0.4) is 0 Å². The Morgan fingerprint density at radius 1 is 1.40 bits per heavy atom. The van der Waals surface area contributed by atoms with Gasteiger partial charge in [-0.1, -0.05) is 41.6 Å². The number of thioether (sulfide) groups is 1. The summed E-state index contributed by atoms with van der Waals surface area (Å²) in [6.45, 7) is 2.10. The molecule has 1 aromatic carbocycles. The van der Waals surface area contributed by atoms with Crippen molar-refractivity contribution in [2.75, 3.05) is 5.43 Å². The van der Waals surface area contributed by atoms with E-state index in [2.05, 4.69) is 46.6 Å². The van der Waals surface area contributed by atoms with E-state index in [0.29, 0.717) is 5.82 Å². The van der Waals surface area contributed by atoms with Crippen LogP contribution in [0.4, 0.5) is 5.82 Å². The van der Waals surface area contributed by atoms with Crippen molar-refractivity contribution in [3.8, 4) is 0 Å². The zero-order valence-electron chi connectivity index (χ0n) is 11.1. The number of benzene rings is 1. The van der Waals surface area contributed by atoms with Gasteiger partial charge in [0.25, 0.3) is 0 Å². The normalized spacial score (nSPS) is 10.9. The second kappa shape index (κ2) is 5.52. The first kappa shape index (κ1) is 13.0. The maximum Gasteiger partial charge on any atom is 0.169 e. The smallest absolute Gasteiger partial charge is 0.169 e. The van der Waals surface area contributed by atoms with Crippen LogP contribution in [0.15, 0.2) is 47.9 Å². The van der Waals surface area contributed by atoms with E-state index in [1.165, 1.54) is 11.1 Å². The van der Waals surface area contributed by atoms with Crippen molar-refractivity contribution in [3.63, 3.8) is 0 Å². The first-order valence-corrected chi connectivity index (χ1v) is 7.23. The number of hydrogen-bond donors (Lipinski definition) is 2. The van der Waals surface area contributed by atoms with E-state index in [4.69, 9.17) is 5.84 Å². The maximum atomic E-state index is 5.45. The van der Waals surface area contributed by atoms with Crippen molar-refractivity contribution in [1.82, 2.24) is 14.4 Å². The molecule has 5 nitrogen and oxygen atoms in total. The molecule has 0 fully saturated rings. The van der Waals surface area contributed by atoms with E-state index in [1.54, 1.807) is 18.0 Å². The van der Waals surface area contributed by atoms with Crippen molar-refractivity contribution < 1.29 is 0 Å². The fourth-order valence-corrected chi connectivity index (χ4v) is 2.96. The molecule has 0 spiro atoms. The van der Waals surface area contributed by atoms with Gasteiger partial charge in [-0.05, 0) is 12.5 Å². The summed E-state index contributed by atoms with van der Waals surface area (Å²) in [7, 11) is 0. The Morgan fingerprint density at radius 2 is 2.30 bits per heavy atom. The number of aryl methyl sites for hydroxylation is 1. The number of hydrazine groups is 1.